The summed E-state index contributed by atoms with van der Waals surface area (Å²) in [5.74, 6) is -0.284. The molecule has 0 spiro atoms. The second-order valence-corrected chi connectivity index (χ2v) is 4.92. The summed E-state index contributed by atoms with van der Waals surface area (Å²) in [7, 11) is 2.14. The second kappa shape index (κ2) is 5.54. The van der Waals surface area contributed by atoms with Crippen molar-refractivity contribution in [3.05, 3.63) is 23.2 Å². The third kappa shape index (κ3) is 3.34. The van der Waals surface area contributed by atoms with E-state index in [9.17, 15) is 4.79 Å². The Morgan fingerprint density at radius 3 is 2.89 bits per heavy atom. The molecule has 0 radical (unpaired) electrons. The van der Waals surface area contributed by atoms with E-state index in [0.717, 1.165) is 19.1 Å². The van der Waals surface area contributed by atoms with Gasteiger partial charge < -0.3 is 19.7 Å². The van der Waals surface area contributed by atoms with Crippen molar-refractivity contribution in [3.8, 4) is 0 Å². The average molecular weight is 252 g/mol. The Morgan fingerprint density at radius 2 is 2.33 bits per heavy atom. The molecule has 1 fully saturated rings. The Bertz CT molecular complexity index is 424. The van der Waals surface area contributed by atoms with Gasteiger partial charge in [-0.05, 0) is 32.9 Å². The molecule has 0 bridgehead atoms. The number of carboxylic acid groups (broad SMARTS) is 1. The highest BCUT2D eigenvalue weighted by Crippen LogP contribution is 2.24. The minimum absolute atomic E-state index is 0.0434. The fraction of sp³-hybridized carbons (Fsp3) is 0.615. The minimum atomic E-state index is -1.01. The standard InChI is InChI=1S/C13H20N2O3/c1-9-7-11(18-12(9)13(16)17)8-14-5-6-15(2)10-3-4-10/h7,10,14H,3-6,8H2,1-2H3,(H,16,17). The molecule has 2 rings (SSSR count). The lowest BCUT2D eigenvalue weighted by molar-refractivity contribution is 0.0659. The number of furan rings is 1. The first kappa shape index (κ1) is 13.1. The number of nitrogens with zero attached hydrogens (tertiary/aromatic N) is 1. The first-order chi connectivity index (χ1) is 8.58. The molecule has 5 nitrogen and oxygen atoms in total. The normalized spacial score (nSPS) is 15.3. The lowest BCUT2D eigenvalue weighted by atomic mass is 10.2. The first-order valence-corrected chi connectivity index (χ1v) is 6.31. The highest BCUT2D eigenvalue weighted by atomic mass is 16.4. The highest BCUT2D eigenvalue weighted by molar-refractivity contribution is 5.86. The Labute approximate surface area is 107 Å². The van der Waals surface area contributed by atoms with Crippen molar-refractivity contribution in [2.45, 2.75) is 32.4 Å². The van der Waals surface area contributed by atoms with Crippen LogP contribution in [0, 0.1) is 6.92 Å². The summed E-state index contributed by atoms with van der Waals surface area (Å²) in [5, 5.41) is 12.1. The van der Waals surface area contributed by atoms with Gasteiger partial charge in [0.2, 0.25) is 5.76 Å². The van der Waals surface area contributed by atoms with Crippen LogP contribution in [0.25, 0.3) is 0 Å². The van der Waals surface area contributed by atoms with Crippen molar-refractivity contribution in [1.29, 1.82) is 0 Å². The molecule has 1 saturated carbocycles. The number of carbonyl (C=O) groups is 1. The van der Waals surface area contributed by atoms with Gasteiger partial charge in [-0.3, -0.25) is 0 Å². The molecule has 0 unspecified atom stereocenters. The van der Waals surface area contributed by atoms with Crippen LogP contribution < -0.4 is 5.32 Å². The molecule has 18 heavy (non-hydrogen) atoms. The zero-order chi connectivity index (χ0) is 13.1. The summed E-state index contributed by atoms with van der Waals surface area (Å²) in [6.45, 7) is 4.22. The summed E-state index contributed by atoms with van der Waals surface area (Å²) in [5.41, 5.74) is 0.675. The van der Waals surface area contributed by atoms with Crippen LogP contribution in [0.2, 0.25) is 0 Å². The van der Waals surface area contributed by atoms with Crippen LogP contribution in [-0.4, -0.2) is 42.2 Å². The molecule has 0 aliphatic heterocycles. The molecular formula is C13H20N2O3. The van der Waals surface area contributed by atoms with E-state index in [4.69, 9.17) is 9.52 Å². The lowest BCUT2D eigenvalue weighted by Crippen LogP contribution is -2.30. The number of rotatable bonds is 7. The van der Waals surface area contributed by atoms with Crippen LogP contribution in [0.3, 0.4) is 0 Å². The van der Waals surface area contributed by atoms with Gasteiger partial charge in [0.25, 0.3) is 0 Å². The maximum Gasteiger partial charge on any atom is 0.372 e. The smallest absolute Gasteiger partial charge is 0.372 e. The number of hydrogen-bond donors (Lipinski definition) is 2. The second-order valence-electron chi connectivity index (χ2n) is 4.92. The molecule has 0 amide bonds. The molecule has 5 heteroatoms. The van der Waals surface area contributed by atoms with Crippen LogP contribution in [-0.2, 0) is 6.54 Å². The number of aromatic carboxylic acids is 1. The lowest BCUT2D eigenvalue weighted by Gasteiger charge is -2.15. The van der Waals surface area contributed by atoms with E-state index in [2.05, 4.69) is 17.3 Å². The van der Waals surface area contributed by atoms with Crippen molar-refractivity contribution < 1.29 is 14.3 Å². The van der Waals surface area contributed by atoms with Crippen LogP contribution in [0.4, 0.5) is 0 Å². The molecule has 2 N–H and O–H groups in total. The maximum absolute atomic E-state index is 10.8. The molecule has 1 aromatic rings. The van der Waals surface area contributed by atoms with E-state index >= 15 is 0 Å². The Hall–Kier alpha value is -1.33. The largest absolute Gasteiger partial charge is 0.475 e. The van der Waals surface area contributed by atoms with Crippen molar-refractivity contribution in [2.75, 3.05) is 20.1 Å². The monoisotopic (exact) mass is 252 g/mol. The summed E-state index contributed by atoms with van der Waals surface area (Å²) >= 11 is 0. The quantitative estimate of drug-likeness (QED) is 0.719. The molecule has 0 saturated heterocycles. The summed E-state index contributed by atoms with van der Waals surface area (Å²) in [6, 6.07) is 2.55. The van der Waals surface area contributed by atoms with Crippen LogP contribution >= 0.6 is 0 Å². The van der Waals surface area contributed by atoms with Gasteiger partial charge in [-0.25, -0.2) is 4.79 Å². The van der Waals surface area contributed by atoms with Gasteiger partial charge in [0, 0.05) is 24.7 Å². The highest BCUT2D eigenvalue weighted by Gasteiger charge is 2.25. The third-order valence-corrected chi connectivity index (χ3v) is 3.27. The zero-order valence-corrected chi connectivity index (χ0v) is 10.9. The fourth-order valence-electron chi connectivity index (χ4n) is 2.01. The van der Waals surface area contributed by atoms with E-state index in [1.807, 2.05) is 0 Å². The molecule has 1 heterocycles. The number of hydrogen-bond acceptors (Lipinski definition) is 4. The van der Waals surface area contributed by atoms with Crippen molar-refractivity contribution in [1.82, 2.24) is 10.2 Å². The third-order valence-electron chi connectivity index (χ3n) is 3.27. The van der Waals surface area contributed by atoms with Gasteiger partial charge in [-0.2, -0.15) is 0 Å². The summed E-state index contributed by atoms with van der Waals surface area (Å²) < 4.78 is 5.27. The van der Waals surface area contributed by atoms with Crippen LogP contribution in [0.1, 0.15) is 34.7 Å². The molecular weight excluding hydrogens is 232 g/mol. The number of nitrogens with one attached hydrogen (secondary N) is 1. The van der Waals surface area contributed by atoms with Gasteiger partial charge in [0.05, 0.1) is 6.54 Å². The van der Waals surface area contributed by atoms with Gasteiger partial charge in [-0.1, -0.05) is 0 Å². The van der Waals surface area contributed by atoms with Gasteiger partial charge in [0.15, 0.2) is 0 Å². The minimum Gasteiger partial charge on any atom is -0.475 e. The van der Waals surface area contributed by atoms with Crippen molar-refractivity contribution >= 4 is 5.97 Å². The molecule has 0 aromatic carbocycles. The molecule has 1 aromatic heterocycles. The number of aryl methyl sites for hydroxylation is 1. The van der Waals surface area contributed by atoms with E-state index < -0.39 is 5.97 Å². The van der Waals surface area contributed by atoms with Gasteiger partial charge in [-0.15, -0.1) is 0 Å². The van der Waals surface area contributed by atoms with Crippen molar-refractivity contribution in [3.63, 3.8) is 0 Å². The molecule has 100 valence electrons. The Kier molecular flexibility index (Phi) is 4.04. The molecule has 0 atom stereocenters. The molecule has 1 aliphatic rings. The van der Waals surface area contributed by atoms with Crippen molar-refractivity contribution in [2.24, 2.45) is 0 Å². The topological polar surface area (TPSA) is 65.7 Å². The van der Waals surface area contributed by atoms with E-state index in [1.165, 1.54) is 12.8 Å². The summed E-state index contributed by atoms with van der Waals surface area (Å²) in [4.78, 5) is 13.2. The predicted molar refractivity (Wildman–Crippen MR) is 67.8 cm³/mol. The number of carboxylic acids is 1. The van der Waals surface area contributed by atoms with Crippen LogP contribution in [0.5, 0.6) is 0 Å². The Morgan fingerprint density at radius 1 is 1.61 bits per heavy atom. The van der Waals surface area contributed by atoms with Gasteiger partial charge in [0.1, 0.15) is 5.76 Å². The van der Waals surface area contributed by atoms with Gasteiger partial charge >= 0.3 is 5.97 Å². The average Bonchev–Trinajstić information content (AvgIpc) is 3.08. The fourth-order valence-corrected chi connectivity index (χ4v) is 2.01. The van der Waals surface area contributed by atoms with E-state index in [-0.39, 0.29) is 5.76 Å². The van der Waals surface area contributed by atoms with E-state index in [1.54, 1.807) is 13.0 Å². The number of likely N-dealkylation sites (N-methyl/N-ethyl adjacent to an activating group) is 1. The van der Waals surface area contributed by atoms with E-state index in [0.29, 0.717) is 17.9 Å². The molecule has 1 aliphatic carbocycles. The predicted octanol–water partition coefficient (Wildman–Crippen LogP) is 1.47. The SMILES string of the molecule is Cc1cc(CNCCN(C)C2CC2)oc1C(=O)O. The van der Waals surface area contributed by atoms with Crippen LogP contribution in [0.15, 0.2) is 10.5 Å². The first-order valence-electron chi connectivity index (χ1n) is 6.31. The Balaban J connectivity index is 1.72. The maximum atomic E-state index is 10.8. The summed E-state index contributed by atoms with van der Waals surface area (Å²) in [6.07, 6.45) is 2.63. The zero-order valence-electron chi connectivity index (χ0n) is 10.9.